The van der Waals surface area contributed by atoms with Crippen molar-refractivity contribution < 1.29 is 0 Å². The molecular formula is C12H11ClN2. The highest BCUT2D eigenvalue weighted by Gasteiger charge is 2.02. The number of hydrogen-bond donors (Lipinski definition) is 0. The van der Waals surface area contributed by atoms with Gasteiger partial charge in [-0.15, -0.1) is 0 Å². The van der Waals surface area contributed by atoms with Gasteiger partial charge in [0.15, 0.2) is 0 Å². The molecule has 0 fully saturated rings. The van der Waals surface area contributed by atoms with Gasteiger partial charge >= 0.3 is 0 Å². The van der Waals surface area contributed by atoms with Crippen LogP contribution < -0.4 is 0 Å². The second-order valence-electron chi connectivity index (χ2n) is 3.44. The maximum atomic E-state index is 8.47. The molecule has 1 aromatic carbocycles. The number of aromatic nitrogens is 1. The van der Waals surface area contributed by atoms with Gasteiger partial charge in [0.2, 0.25) is 0 Å². The number of benzene rings is 1. The van der Waals surface area contributed by atoms with Gasteiger partial charge in [-0.25, -0.2) is 0 Å². The minimum Gasteiger partial charge on any atom is -0.347 e. The highest BCUT2D eigenvalue weighted by atomic mass is 35.5. The summed E-state index contributed by atoms with van der Waals surface area (Å²) in [6, 6.07) is 10.1. The van der Waals surface area contributed by atoms with E-state index in [1.165, 1.54) is 0 Å². The summed E-state index contributed by atoms with van der Waals surface area (Å²) in [5.41, 5.74) is 1.14. The van der Waals surface area contributed by atoms with Crippen LogP contribution >= 0.6 is 11.6 Å². The molecule has 0 spiro atoms. The van der Waals surface area contributed by atoms with Gasteiger partial charge in [0.25, 0.3) is 0 Å². The van der Waals surface area contributed by atoms with Gasteiger partial charge in [-0.05, 0) is 24.6 Å². The highest BCUT2D eigenvalue weighted by molar-refractivity contribution is 6.35. The Morgan fingerprint density at radius 2 is 2.20 bits per heavy atom. The van der Waals surface area contributed by atoms with Gasteiger partial charge in [0, 0.05) is 35.1 Å². The van der Waals surface area contributed by atoms with Crippen LogP contribution in [0, 0.1) is 11.3 Å². The van der Waals surface area contributed by atoms with E-state index in [4.69, 9.17) is 16.9 Å². The van der Waals surface area contributed by atoms with Crippen molar-refractivity contribution in [3.8, 4) is 6.07 Å². The third kappa shape index (κ3) is 1.98. The summed E-state index contributed by atoms with van der Waals surface area (Å²) in [5.74, 6) is 0. The second-order valence-corrected chi connectivity index (χ2v) is 3.85. The molecule has 0 aliphatic rings. The van der Waals surface area contributed by atoms with E-state index in [0.717, 1.165) is 28.9 Å². The van der Waals surface area contributed by atoms with Gasteiger partial charge in [-0.2, -0.15) is 5.26 Å². The molecule has 0 saturated carbocycles. The molecule has 2 nitrogen and oxygen atoms in total. The molecule has 2 rings (SSSR count). The summed E-state index contributed by atoms with van der Waals surface area (Å²) in [6.45, 7) is 0.872. The monoisotopic (exact) mass is 218 g/mol. The Hall–Kier alpha value is -1.46. The summed E-state index contributed by atoms with van der Waals surface area (Å²) in [5, 5.41) is 10.3. The smallest absolute Gasteiger partial charge is 0.0622 e. The Morgan fingerprint density at radius 1 is 1.33 bits per heavy atom. The van der Waals surface area contributed by atoms with Crippen molar-refractivity contribution in [2.45, 2.75) is 19.4 Å². The topological polar surface area (TPSA) is 28.7 Å². The molecule has 1 heterocycles. The van der Waals surface area contributed by atoms with Crippen LogP contribution in [0.1, 0.15) is 12.8 Å². The molecule has 0 unspecified atom stereocenters. The fourth-order valence-electron chi connectivity index (χ4n) is 1.71. The lowest BCUT2D eigenvalue weighted by molar-refractivity contribution is 0.674. The third-order valence-corrected chi connectivity index (χ3v) is 2.78. The molecule has 2 aromatic rings. The molecule has 0 aliphatic heterocycles. The predicted octanol–water partition coefficient (Wildman–Crippen LogP) is 3.60. The first-order valence-corrected chi connectivity index (χ1v) is 5.31. The van der Waals surface area contributed by atoms with Gasteiger partial charge in [-0.3, -0.25) is 0 Å². The minimum atomic E-state index is 0.597. The van der Waals surface area contributed by atoms with Crippen molar-refractivity contribution >= 4 is 22.5 Å². The van der Waals surface area contributed by atoms with Gasteiger partial charge in [-0.1, -0.05) is 17.7 Å². The molecule has 0 radical (unpaired) electrons. The molecule has 0 atom stereocenters. The van der Waals surface area contributed by atoms with Crippen molar-refractivity contribution in [1.29, 1.82) is 5.26 Å². The van der Waals surface area contributed by atoms with Crippen LogP contribution in [0.3, 0.4) is 0 Å². The molecule has 0 saturated heterocycles. The number of halogens is 1. The molecular weight excluding hydrogens is 208 g/mol. The average Bonchev–Trinajstić information content (AvgIpc) is 2.64. The van der Waals surface area contributed by atoms with Crippen LogP contribution in [0.4, 0.5) is 0 Å². The Morgan fingerprint density at radius 3 is 3.00 bits per heavy atom. The Kier molecular flexibility index (Phi) is 2.94. The third-order valence-electron chi connectivity index (χ3n) is 2.45. The number of rotatable bonds is 3. The summed E-state index contributed by atoms with van der Waals surface area (Å²) in [7, 11) is 0. The van der Waals surface area contributed by atoms with Crippen LogP contribution in [0.5, 0.6) is 0 Å². The van der Waals surface area contributed by atoms with Crippen LogP contribution in [0.15, 0.2) is 30.5 Å². The van der Waals surface area contributed by atoms with E-state index in [0.29, 0.717) is 6.42 Å². The van der Waals surface area contributed by atoms with Gasteiger partial charge in [0.1, 0.15) is 0 Å². The van der Waals surface area contributed by atoms with Gasteiger partial charge < -0.3 is 4.57 Å². The van der Waals surface area contributed by atoms with Crippen molar-refractivity contribution in [1.82, 2.24) is 4.57 Å². The first-order chi connectivity index (χ1) is 7.33. The standard InChI is InChI=1S/C12H11ClN2/c13-11-4-3-5-12-10(11)6-9-15(12)8-2-1-7-14/h3-6,9H,1-2,8H2. The summed E-state index contributed by atoms with van der Waals surface area (Å²) < 4.78 is 2.14. The number of unbranched alkanes of at least 4 members (excludes halogenated alkanes) is 1. The van der Waals surface area contributed by atoms with E-state index in [-0.39, 0.29) is 0 Å². The van der Waals surface area contributed by atoms with Crippen molar-refractivity contribution in [2.24, 2.45) is 0 Å². The molecule has 15 heavy (non-hydrogen) atoms. The minimum absolute atomic E-state index is 0.597. The molecule has 0 bridgehead atoms. The zero-order chi connectivity index (χ0) is 10.7. The number of aryl methyl sites for hydroxylation is 1. The molecule has 0 amide bonds. The summed E-state index contributed by atoms with van der Waals surface area (Å²) in [4.78, 5) is 0. The maximum Gasteiger partial charge on any atom is 0.0622 e. The van der Waals surface area contributed by atoms with E-state index < -0.39 is 0 Å². The zero-order valence-electron chi connectivity index (χ0n) is 8.28. The quantitative estimate of drug-likeness (QED) is 0.724. The Labute approximate surface area is 93.7 Å². The van der Waals surface area contributed by atoms with Crippen LogP contribution in [0.25, 0.3) is 10.9 Å². The lowest BCUT2D eigenvalue weighted by Crippen LogP contribution is -1.94. The van der Waals surface area contributed by atoms with Crippen LogP contribution in [-0.4, -0.2) is 4.57 Å². The lowest BCUT2D eigenvalue weighted by Gasteiger charge is -2.03. The van der Waals surface area contributed by atoms with Crippen molar-refractivity contribution in [3.63, 3.8) is 0 Å². The average molecular weight is 219 g/mol. The van der Waals surface area contributed by atoms with E-state index in [1.54, 1.807) is 0 Å². The molecule has 0 aliphatic carbocycles. The number of nitrogens with zero attached hydrogens (tertiary/aromatic N) is 2. The van der Waals surface area contributed by atoms with Crippen LogP contribution in [0.2, 0.25) is 5.02 Å². The highest BCUT2D eigenvalue weighted by Crippen LogP contribution is 2.24. The zero-order valence-corrected chi connectivity index (χ0v) is 9.04. The SMILES string of the molecule is N#CCCCn1ccc2c(Cl)cccc21. The fourth-order valence-corrected chi connectivity index (χ4v) is 1.94. The van der Waals surface area contributed by atoms with Crippen molar-refractivity contribution in [2.75, 3.05) is 0 Å². The first-order valence-electron chi connectivity index (χ1n) is 4.93. The first kappa shape index (κ1) is 10.1. The largest absolute Gasteiger partial charge is 0.347 e. The van der Waals surface area contributed by atoms with Gasteiger partial charge in [0.05, 0.1) is 6.07 Å². The van der Waals surface area contributed by atoms with E-state index in [9.17, 15) is 0 Å². The maximum absolute atomic E-state index is 8.47. The second kappa shape index (κ2) is 4.37. The fraction of sp³-hybridized carbons (Fsp3) is 0.250. The number of fused-ring (bicyclic) bond motifs is 1. The van der Waals surface area contributed by atoms with E-state index in [2.05, 4.69) is 10.6 Å². The summed E-state index contributed by atoms with van der Waals surface area (Å²) >= 11 is 6.07. The molecule has 1 aromatic heterocycles. The van der Waals surface area contributed by atoms with Crippen molar-refractivity contribution in [3.05, 3.63) is 35.5 Å². The van der Waals surface area contributed by atoms with Crippen LogP contribution in [-0.2, 0) is 6.54 Å². The predicted molar refractivity (Wildman–Crippen MR) is 61.8 cm³/mol. The summed E-state index contributed by atoms with van der Waals surface area (Å²) in [6.07, 6.45) is 3.50. The number of nitriles is 1. The molecule has 76 valence electrons. The Bertz CT molecular complexity index is 508. The Balaban J connectivity index is 2.30. The van der Waals surface area contributed by atoms with E-state index in [1.807, 2.05) is 30.5 Å². The van der Waals surface area contributed by atoms with E-state index >= 15 is 0 Å². The molecule has 3 heteroatoms. The number of hydrogen-bond acceptors (Lipinski definition) is 1. The molecule has 0 N–H and O–H groups in total. The normalized spacial score (nSPS) is 10.4. The lowest BCUT2D eigenvalue weighted by atomic mass is 10.2.